The molecular weight excluding hydrogens is 338 g/mol. The van der Waals surface area contributed by atoms with Gasteiger partial charge in [0.05, 0.1) is 13.2 Å². The zero-order valence-corrected chi connectivity index (χ0v) is 15.5. The van der Waals surface area contributed by atoms with Crippen molar-refractivity contribution < 1.29 is 13.2 Å². The van der Waals surface area contributed by atoms with Gasteiger partial charge >= 0.3 is 0 Å². The van der Waals surface area contributed by atoms with Gasteiger partial charge < -0.3 is 10.1 Å². The third kappa shape index (κ3) is 3.40. The standard InChI is InChI=1S/C18H23N3O3S/c1-13-9-14(2)18(24-3)17(10-13)25(22,23)21-8-7-20-12-16(21)15-5-4-6-19-11-15/h4-6,9-11,16,20H,7-8,12H2,1-3H3. The topological polar surface area (TPSA) is 71.5 Å². The van der Waals surface area contributed by atoms with Crippen LogP contribution < -0.4 is 10.1 Å². The van der Waals surface area contributed by atoms with Crippen LogP contribution in [0.4, 0.5) is 0 Å². The van der Waals surface area contributed by atoms with Crippen molar-refractivity contribution in [3.8, 4) is 5.75 Å². The minimum Gasteiger partial charge on any atom is -0.495 e. The first-order valence-corrected chi connectivity index (χ1v) is 9.67. The van der Waals surface area contributed by atoms with Crippen LogP contribution >= 0.6 is 0 Å². The predicted molar refractivity (Wildman–Crippen MR) is 96.2 cm³/mol. The third-order valence-corrected chi connectivity index (χ3v) is 6.35. The van der Waals surface area contributed by atoms with Gasteiger partial charge in [0.15, 0.2) is 0 Å². The number of benzene rings is 1. The van der Waals surface area contributed by atoms with Crippen molar-refractivity contribution in [1.29, 1.82) is 0 Å². The Kier molecular flexibility index (Phi) is 5.08. The Bertz CT molecular complexity index is 853. The lowest BCUT2D eigenvalue weighted by atomic mass is 10.1. The van der Waals surface area contributed by atoms with Crippen molar-refractivity contribution in [3.05, 3.63) is 53.3 Å². The van der Waals surface area contributed by atoms with E-state index >= 15 is 0 Å². The second kappa shape index (κ2) is 7.11. The highest BCUT2D eigenvalue weighted by Gasteiger charge is 2.36. The molecule has 0 amide bonds. The van der Waals surface area contributed by atoms with Gasteiger partial charge in [0.1, 0.15) is 10.6 Å². The number of hydrogen-bond acceptors (Lipinski definition) is 5. The Labute approximate surface area is 148 Å². The number of ether oxygens (including phenoxy) is 1. The fraction of sp³-hybridized carbons (Fsp3) is 0.389. The smallest absolute Gasteiger partial charge is 0.247 e. The summed E-state index contributed by atoms with van der Waals surface area (Å²) < 4.78 is 33.9. The Morgan fingerprint density at radius 3 is 2.80 bits per heavy atom. The molecule has 134 valence electrons. The van der Waals surface area contributed by atoms with E-state index in [2.05, 4.69) is 10.3 Å². The van der Waals surface area contributed by atoms with E-state index < -0.39 is 10.0 Å². The van der Waals surface area contributed by atoms with Crippen LogP contribution in [0.15, 0.2) is 41.6 Å². The highest BCUT2D eigenvalue weighted by Crippen LogP contribution is 2.35. The summed E-state index contributed by atoms with van der Waals surface area (Å²) in [6.07, 6.45) is 3.41. The number of pyridine rings is 1. The largest absolute Gasteiger partial charge is 0.495 e. The molecule has 6 nitrogen and oxygen atoms in total. The monoisotopic (exact) mass is 361 g/mol. The second-order valence-corrected chi connectivity index (χ2v) is 8.09. The number of rotatable bonds is 4. The van der Waals surface area contributed by atoms with E-state index in [9.17, 15) is 8.42 Å². The lowest BCUT2D eigenvalue weighted by molar-refractivity contribution is 0.270. The molecule has 1 aliphatic heterocycles. The van der Waals surface area contributed by atoms with Gasteiger partial charge in [-0.3, -0.25) is 4.98 Å². The van der Waals surface area contributed by atoms with Gasteiger partial charge in [0, 0.05) is 32.0 Å². The van der Waals surface area contributed by atoms with Crippen molar-refractivity contribution in [2.45, 2.75) is 24.8 Å². The van der Waals surface area contributed by atoms with Crippen LogP contribution in [-0.4, -0.2) is 44.5 Å². The maximum atomic E-state index is 13.5. The van der Waals surface area contributed by atoms with Gasteiger partial charge in [-0.25, -0.2) is 8.42 Å². The van der Waals surface area contributed by atoms with E-state index in [1.807, 2.05) is 32.0 Å². The lowest BCUT2D eigenvalue weighted by Gasteiger charge is -2.35. The molecule has 25 heavy (non-hydrogen) atoms. The Balaban J connectivity index is 2.09. The highest BCUT2D eigenvalue weighted by molar-refractivity contribution is 7.89. The average molecular weight is 361 g/mol. The average Bonchev–Trinajstić information content (AvgIpc) is 2.62. The molecule has 7 heteroatoms. The van der Waals surface area contributed by atoms with Crippen molar-refractivity contribution in [2.24, 2.45) is 0 Å². The first kappa shape index (κ1) is 17.8. The number of nitrogens with zero attached hydrogens (tertiary/aromatic N) is 2. The normalized spacial score (nSPS) is 18.9. The van der Waals surface area contributed by atoms with Crippen LogP contribution in [0.2, 0.25) is 0 Å². The molecule has 0 aliphatic carbocycles. The third-order valence-electron chi connectivity index (χ3n) is 4.44. The summed E-state index contributed by atoms with van der Waals surface area (Å²) in [6, 6.07) is 7.05. The maximum absolute atomic E-state index is 13.5. The van der Waals surface area contributed by atoms with E-state index in [1.54, 1.807) is 22.8 Å². The zero-order chi connectivity index (χ0) is 18.0. The van der Waals surface area contributed by atoms with Crippen LogP contribution in [0.25, 0.3) is 0 Å². The molecule has 0 radical (unpaired) electrons. The molecular formula is C18H23N3O3S. The molecule has 1 aromatic heterocycles. The first-order valence-electron chi connectivity index (χ1n) is 8.23. The van der Waals surface area contributed by atoms with E-state index in [1.165, 1.54) is 7.11 Å². The second-order valence-electron chi connectivity index (χ2n) is 6.24. The fourth-order valence-corrected chi connectivity index (χ4v) is 5.25. The van der Waals surface area contributed by atoms with Gasteiger partial charge in [-0.2, -0.15) is 4.31 Å². The van der Waals surface area contributed by atoms with Crippen molar-refractivity contribution in [2.75, 3.05) is 26.7 Å². The number of sulfonamides is 1. The van der Waals surface area contributed by atoms with Gasteiger partial charge in [-0.05, 0) is 42.7 Å². The van der Waals surface area contributed by atoms with Crippen LogP contribution in [0.1, 0.15) is 22.7 Å². The van der Waals surface area contributed by atoms with Crippen molar-refractivity contribution >= 4 is 10.0 Å². The molecule has 1 aliphatic rings. The quantitative estimate of drug-likeness (QED) is 0.902. The molecule has 1 N–H and O–H groups in total. The molecule has 2 aromatic rings. The minimum absolute atomic E-state index is 0.225. The fourth-order valence-electron chi connectivity index (χ4n) is 3.33. The minimum atomic E-state index is -3.71. The van der Waals surface area contributed by atoms with Gasteiger partial charge in [0.2, 0.25) is 10.0 Å². The summed E-state index contributed by atoms with van der Waals surface area (Å²) in [5.74, 6) is 0.411. The summed E-state index contributed by atoms with van der Waals surface area (Å²) in [7, 11) is -2.20. The van der Waals surface area contributed by atoms with Gasteiger partial charge in [-0.1, -0.05) is 12.1 Å². The Morgan fingerprint density at radius 1 is 1.32 bits per heavy atom. The molecule has 2 heterocycles. The van der Waals surface area contributed by atoms with E-state index in [0.717, 1.165) is 16.7 Å². The Hall–Kier alpha value is -1.96. The molecule has 1 aromatic carbocycles. The number of hydrogen-bond donors (Lipinski definition) is 1. The number of aromatic nitrogens is 1. The first-order chi connectivity index (χ1) is 11.9. The van der Waals surface area contributed by atoms with Crippen LogP contribution in [0.3, 0.4) is 0 Å². The van der Waals surface area contributed by atoms with Crippen LogP contribution in [0, 0.1) is 13.8 Å². The summed E-state index contributed by atoms with van der Waals surface area (Å²) in [5.41, 5.74) is 2.58. The summed E-state index contributed by atoms with van der Waals surface area (Å²) >= 11 is 0. The van der Waals surface area contributed by atoms with Crippen molar-refractivity contribution in [3.63, 3.8) is 0 Å². The SMILES string of the molecule is COc1c(C)cc(C)cc1S(=O)(=O)N1CCNCC1c1cccnc1. The molecule has 0 bridgehead atoms. The predicted octanol–water partition coefficient (Wildman–Crippen LogP) is 2.04. The highest BCUT2D eigenvalue weighted by atomic mass is 32.2. The molecule has 3 rings (SSSR count). The summed E-state index contributed by atoms with van der Waals surface area (Å²) in [6.45, 7) is 5.32. The number of methoxy groups -OCH3 is 1. The van der Waals surface area contributed by atoms with Crippen LogP contribution in [0.5, 0.6) is 5.75 Å². The Morgan fingerprint density at radius 2 is 2.12 bits per heavy atom. The van der Waals surface area contributed by atoms with Gasteiger partial charge in [-0.15, -0.1) is 0 Å². The lowest BCUT2D eigenvalue weighted by Crippen LogP contribution is -2.48. The molecule has 1 unspecified atom stereocenters. The van der Waals surface area contributed by atoms with Crippen molar-refractivity contribution in [1.82, 2.24) is 14.6 Å². The summed E-state index contributed by atoms with van der Waals surface area (Å²) in [4.78, 5) is 4.36. The molecule has 1 atom stereocenters. The maximum Gasteiger partial charge on any atom is 0.247 e. The van der Waals surface area contributed by atoms with E-state index in [0.29, 0.717) is 25.4 Å². The number of nitrogens with one attached hydrogen (secondary N) is 1. The van der Waals surface area contributed by atoms with Crippen LogP contribution in [-0.2, 0) is 10.0 Å². The van der Waals surface area contributed by atoms with Gasteiger partial charge in [0.25, 0.3) is 0 Å². The summed E-state index contributed by atoms with van der Waals surface area (Å²) in [5, 5.41) is 3.27. The van der Waals surface area contributed by atoms with E-state index in [4.69, 9.17) is 4.74 Å². The molecule has 0 spiro atoms. The van der Waals surface area contributed by atoms with E-state index in [-0.39, 0.29) is 10.9 Å². The number of aryl methyl sites for hydroxylation is 2. The molecule has 0 saturated carbocycles. The molecule has 1 fully saturated rings. The number of piperazine rings is 1. The molecule has 1 saturated heterocycles. The zero-order valence-electron chi connectivity index (χ0n) is 14.7.